The molecule has 0 aliphatic carbocycles. The summed E-state index contributed by atoms with van der Waals surface area (Å²) in [5.41, 5.74) is 0.977. The van der Waals surface area contributed by atoms with Gasteiger partial charge in [-0.1, -0.05) is 18.5 Å². The zero-order valence-corrected chi connectivity index (χ0v) is 12.2. The molecule has 0 radical (unpaired) electrons. The molecule has 2 atom stereocenters. The lowest BCUT2D eigenvalue weighted by atomic mass is 9.93. The highest BCUT2D eigenvalue weighted by molar-refractivity contribution is 6.31. The van der Waals surface area contributed by atoms with Gasteiger partial charge in [0.1, 0.15) is 5.82 Å². The van der Waals surface area contributed by atoms with Gasteiger partial charge >= 0.3 is 0 Å². The Balaban J connectivity index is 2.08. The van der Waals surface area contributed by atoms with E-state index >= 15 is 0 Å². The van der Waals surface area contributed by atoms with Crippen molar-refractivity contribution in [1.82, 2.24) is 9.88 Å². The molecule has 3 nitrogen and oxygen atoms in total. The summed E-state index contributed by atoms with van der Waals surface area (Å²) < 4.78 is 0. The van der Waals surface area contributed by atoms with Gasteiger partial charge in [0.25, 0.3) is 0 Å². The van der Waals surface area contributed by atoms with Crippen LogP contribution in [0, 0.1) is 5.92 Å². The van der Waals surface area contributed by atoms with Crippen molar-refractivity contribution < 1.29 is 0 Å². The van der Waals surface area contributed by atoms with Crippen molar-refractivity contribution in [1.29, 1.82) is 0 Å². The molecule has 1 saturated heterocycles. The third-order valence-corrected chi connectivity index (χ3v) is 4.15. The van der Waals surface area contributed by atoms with Crippen molar-refractivity contribution in [3.63, 3.8) is 0 Å². The molecule has 1 aliphatic rings. The summed E-state index contributed by atoms with van der Waals surface area (Å²) in [5.74, 6) is 1.72. The van der Waals surface area contributed by atoms with Gasteiger partial charge in [-0.05, 0) is 44.4 Å². The Morgan fingerprint density at radius 2 is 2.22 bits per heavy atom. The first-order chi connectivity index (χ1) is 8.60. The Morgan fingerprint density at radius 1 is 1.44 bits per heavy atom. The van der Waals surface area contributed by atoms with Gasteiger partial charge in [-0.2, -0.15) is 0 Å². The molecule has 4 heteroatoms. The van der Waals surface area contributed by atoms with E-state index in [1.165, 1.54) is 12.8 Å². The predicted molar refractivity (Wildman–Crippen MR) is 77.1 cm³/mol. The molecule has 0 aromatic carbocycles. The fourth-order valence-corrected chi connectivity index (χ4v) is 2.78. The molecular weight excluding hydrogens is 246 g/mol. The van der Waals surface area contributed by atoms with Gasteiger partial charge in [0.05, 0.1) is 10.7 Å². The summed E-state index contributed by atoms with van der Waals surface area (Å²) in [6, 6.07) is 4.45. The number of anilines is 1. The minimum atomic E-state index is 0.616. The molecular formula is C14H22ClN3. The molecule has 100 valence electrons. The quantitative estimate of drug-likeness (QED) is 0.910. The Bertz CT molecular complexity index is 408. The fourth-order valence-electron chi connectivity index (χ4n) is 2.62. The molecule has 0 spiro atoms. The number of halogens is 1. The predicted octanol–water partition coefficient (Wildman–Crippen LogP) is 3.40. The summed E-state index contributed by atoms with van der Waals surface area (Å²) in [6.07, 6.45) is 2.54. The molecule has 2 rings (SSSR count). The second-order valence-corrected chi connectivity index (χ2v) is 5.73. The van der Waals surface area contributed by atoms with Crippen LogP contribution in [0.3, 0.4) is 0 Å². The van der Waals surface area contributed by atoms with E-state index in [-0.39, 0.29) is 0 Å². The largest absolute Gasteiger partial charge is 0.373 e. The van der Waals surface area contributed by atoms with Gasteiger partial charge in [0.15, 0.2) is 0 Å². The van der Waals surface area contributed by atoms with Crippen molar-refractivity contribution in [2.75, 3.05) is 18.9 Å². The summed E-state index contributed by atoms with van der Waals surface area (Å²) in [4.78, 5) is 7.03. The first kappa shape index (κ1) is 13.6. The van der Waals surface area contributed by atoms with Crippen LogP contribution in [0.1, 0.15) is 32.4 Å². The second-order valence-electron chi connectivity index (χ2n) is 5.32. The molecule has 2 unspecified atom stereocenters. The third-order valence-electron chi connectivity index (χ3n) is 3.80. The lowest BCUT2D eigenvalue weighted by Crippen LogP contribution is -2.39. The van der Waals surface area contributed by atoms with Crippen molar-refractivity contribution in [2.24, 2.45) is 5.92 Å². The van der Waals surface area contributed by atoms with E-state index in [1.54, 1.807) is 0 Å². The van der Waals surface area contributed by atoms with Crippen LogP contribution < -0.4 is 5.32 Å². The number of likely N-dealkylation sites (tertiary alicyclic amines) is 1. The summed E-state index contributed by atoms with van der Waals surface area (Å²) >= 11 is 6.23. The van der Waals surface area contributed by atoms with Gasteiger partial charge in [-0.15, -0.1) is 0 Å². The second kappa shape index (κ2) is 5.89. The highest BCUT2D eigenvalue weighted by atomic mass is 35.5. The molecule has 1 N–H and O–H groups in total. The van der Waals surface area contributed by atoms with Gasteiger partial charge in [-0.25, -0.2) is 4.98 Å². The van der Waals surface area contributed by atoms with E-state index < -0.39 is 0 Å². The minimum absolute atomic E-state index is 0.616. The van der Waals surface area contributed by atoms with Gasteiger partial charge in [-0.3, -0.25) is 4.90 Å². The number of piperidine rings is 1. The maximum atomic E-state index is 6.23. The SMILES string of the molecule is CNc1ccc(Cl)c(CN2CCC(C)CC2C)n1. The maximum Gasteiger partial charge on any atom is 0.126 e. The summed E-state index contributed by atoms with van der Waals surface area (Å²) in [6.45, 7) is 6.62. The third kappa shape index (κ3) is 3.15. The highest BCUT2D eigenvalue weighted by Gasteiger charge is 2.23. The van der Waals surface area contributed by atoms with E-state index in [0.717, 1.165) is 35.5 Å². The minimum Gasteiger partial charge on any atom is -0.373 e. The number of hydrogen-bond donors (Lipinski definition) is 1. The normalized spacial score (nSPS) is 25.1. The Morgan fingerprint density at radius 3 is 2.89 bits per heavy atom. The van der Waals surface area contributed by atoms with Crippen LogP contribution in [-0.4, -0.2) is 29.5 Å². The number of hydrogen-bond acceptors (Lipinski definition) is 3. The lowest BCUT2D eigenvalue weighted by Gasteiger charge is -2.36. The van der Waals surface area contributed by atoms with Crippen molar-refractivity contribution in [3.8, 4) is 0 Å². The molecule has 1 aromatic rings. The lowest BCUT2D eigenvalue weighted by molar-refractivity contribution is 0.121. The average molecular weight is 268 g/mol. The number of nitrogens with zero attached hydrogens (tertiary/aromatic N) is 2. The first-order valence-electron chi connectivity index (χ1n) is 6.67. The molecule has 18 heavy (non-hydrogen) atoms. The monoisotopic (exact) mass is 267 g/mol. The van der Waals surface area contributed by atoms with Crippen LogP contribution in [0.25, 0.3) is 0 Å². The van der Waals surface area contributed by atoms with E-state index in [1.807, 2.05) is 19.2 Å². The fraction of sp³-hybridized carbons (Fsp3) is 0.643. The van der Waals surface area contributed by atoms with Gasteiger partial charge in [0, 0.05) is 19.6 Å². The van der Waals surface area contributed by atoms with Gasteiger partial charge < -0.3 is 5.32 Å². The smallest absolute Gasteiger partial charge is 0.126 e. The Hall–Kier alpha value is -0.800. The van der Waals surface area contributed by atoms with Crippen LogP contribution in [0.4, 0.5) is 5.82 Å². The standard InChI is InChI=1S/C14H22ClN3/c1-10-6-7-18(11(2)8-10)9-13-12(15)4-5-14(16-3)17-13/h4-5,10-11H,6-9H2,1-3H3,(H,16,17). The van der Waals surface area contributed by atoms with Crippen molar-refractivity contribution >= 4 is 17.4 Å². The number of rotatable bonds is 3. The van der Waals surface area contributed by atoms with Crippen molar-refractivity contribution in [2.45, 2.75) is 39.3 Å². The topological polar surface area (TPSA) is 28.2 Å². The maximum absolute atomic E-state index is 6.23. The van der Waals surface area contributed by atoms with Crippen LogP contribution >= 0.6 is 11.6 Å². The first-order valence-corrected chi connectivity index (χ1v) is 7.05. The van der Waals surface area contributed by atoms with Crippen LogP contribution in [0.2, 0.25) is 5.02 Å². The Labute approximate surface area is 115 Å². The molecule has 0 bridgehead atoms. The molecule has 0 amide bonds. The zero-order chi connectivity index (χ0) is 13.1. The van der Waals surface area contributed by atoms with Crippen LogP contribution in [0.15, 0.2) is 12.1 Å². The number of aromatic nitrogens is 1. The molecule has 1 fully saturated rings. The summed E-state index contributed by atoms with van der Waals surface area (Å²) in [7, 11) is 1.88. The van der Waals surface area contributed by atoms with E-state index in [4.69, 9.17) is 11.6 Å². The highest BCUT2D eigenvalue weighted by Crippen LogP contribution is 2.25. The molecule has 1 aliphatic heterocycles. The van der Waals surface area contributed by atoms with E-state index in [9.17, 15) is 0 Å². The molecule has 1 aromatic heterocycles. The van der Waals surface area contributed by atoms with Gasteiger partial charge in [0.2, 0.25) is 0 Å². The van der Waals surface area contributed by atoms with Crippen LogP contribution in [-0.2, 0) is 6.54 Å². The molecule has 2 heterocycles. The molecule has 0 saturated carbocycles. The van der Waals surface area contributed by atoms with E-state index in [0.29, 0.717) is 6.04 Å². The summed E-state index contributed by atoms with van der Waals surface area (Å²) in [5, 5.41) is 3.83. The van der Waals surface area contributed by atoms with Crippen molar-refractivity contribution in [3.05, 3.63) is 22.8 Å². The zero-order valence-electron chi connectivity index (χ0n) is 11.4. The number of nitrogens with one attached hydrogen (secondary N) is 1. The van der Waals surface area contributed by atoms with E-state index in [2.05, 4.69) is 29.0 Å². The number of pyridine rings is 1. The average Bonchev–Trinajstić information content (AvgIpc) is 2.35. The Kier molecular flexibility index (Phi) is 4.46. The van der Waals surface area contributed by atoms with Crippen LogP contribution in [0.5, 0.6) is 0 Å².